The van der Waals surface area contributed by atoms with Gasteiger partial charge in [-0.15, -0.1) is 0 Å². The van der Waals surface area contributed by atoms with E-state index in [2.05, 4.69) is 63.5 Å². The van der Waals surface area contributed by atoms with Crippen LogP contribution in [0.3, 0.4) is 0 Å². The molecule has 37 heavy (non-hydrogen) atoms. The summed E-state index contributed by atoms with van der Waals surface area (Å²) in [6.45, 7) is 5.93. The number of benzene rings is 2. The number of nitrogens with one attached hydrogen (secondary N) is 2. The largest absolute Gasteiger partial charge is 0.377 e. The monoisotopic (exact) mass is 495 g/mol. The molecule has 2 aromatic heterocycles. The molecule has 2 saturated heterocycles. The maximum atomic E-state index is 13.3. The number of carbonyl (C=O) groups is 1. The lowest BCUT2D eigenvalue weighted by molar-refractivity contribution is 0.0906. The summed E-state index contributed by atoms with van der Waals surface area (Å²) in [4.78, 5) is 20.3. The molecule has 1 amide bonds. The standard InChI is InChI=1S/C30H33N5O2/c1-19(2)15-28(27-5-3-4-14-31-27)32-30(36)21-8-13-26-25(16-21)29(34-33-26)20-6-9-22(10-7-20)35-23-11-12-24(35)18-37-17-23/h3-10,13-14,16,19,23-24,28H,11-12,15,17-18H2,1-2H3,(H,32,36)(H,33,34)/t23?,24?,28-/m0/s1. The van der Waals surface area contributed by atoms with Gasteiger partial charge in [0.15, 0.2) is 0 Å². The Balaban J connectivity index is 1.25. The highest BCUT2D eigenvalue weighted by Gasteiger charge is 2.37. The minimum absolute atomic E-state index is 0.108. The van der Waals surface area contributed by atoms with Gasteiger partial charge in [-0.25, -0.2) is 0 Å². The van der Waals surface area contributed by atoms with Gasteiger partial charge < -0.3 is 15.0 Å². The fraction of sp³-hybridized carbons (Fsp3) is 0.367. The zero-order chi connectivity index (χ0) is 25.4. The molecule has 0 saturated carbocycles. The van der Waals surface area contributed by atoms with Gasteiger partial charge in [0.25, 0.3) is 5.91 Å². The highest BCUT2D eigenvalue weighted by atomic mass is 16.5. The Bertz CT molecular complexity index is 1370. The second-order valence-corrected chi connectivity index (χ2v) is 10.6. The molecule has 7 nitrogen and oxygen atoms in total. The predicted octanol–water partition coefficient (Wildman–Crippen LogP) is 5.51. The van der Waals surface area contributed by atoms with Crippen molar-refractivity contribution >= 4 is 22.5 Å². The van der Waals surface area contributed by atoms with Crippen LogP contribution in [0.4, 0.5) is 5.69 Å². The molecule has 2 aromatic carbocycles. The van der Waals surface area contributed by atoms with E-state index in [1.807, 2.05) is 36.4 Å². The van der Waals surface area contributed by atoms with Gasteiger partial charge in [0, 0.05) is 28.4 Å². The second-order valence-electron chi connectivity index (χ2n) is 10.6. The van der Waals surface area contributed by atoms with Crippen LogP contribution in [-0.2, 0) is 4.74 Å². The lowest BCUT2D eigenvalue weighted by Gasteiger charge is -2.36. The first-order valence-electron chi connectivity index (χ1n) is 13.2. The molecule has 0 aliphatic carbocycles. The summed E-state index contributed by atoms with van der Waals surface area (Å²) >= 11 is 0. The fourth-order valence-corrected chi connectivity index (χ4v) is 5.77. The number of fused-ring (bicyclic) bond motifs is 3. The number of morpholine rings is 1. The zero-order valence-electron chi connectivity index (χ0n) is 21.4. The van der Waals surface area contributed by atoms with E-state index in [-0.39, 0.29) is 11.9 Å². The maximum Gasteiger partial charge on any atom is 0.251 e. The van der Waals surface area contributed by atoms with E-state index in [4.69, 9.17) is 4.74 Å². The third kappa shape index (κ3) is 4.71. The quantitative estimate of drug-likeness (QED) is 0.353. The number of pyridine rings is 1. The van der Waals surface area contributed by atoms with Crippen LogP contribution in [0.2, 0.25) is 0 Å². The summed E-state index contributed by atoms with van der Waals surface area (Å²) in [7, 11) is 0. The number of rotatable bonds is 7. The molecule has 4 aromatic rings. The lowest BCUT2D eigenvalue weighted by atomic mass is 9.99. The van der Waals surface area contributed by atoms with Crippen LogP contribution >= 0.6 is 0 Å². The average Bonchev–Trinajstić information content (AvgIpc) is 3.45. The SMILES string of the molecule is CC(C)C[C@H](NC(=O)c1ccc2[nH]nc(-c3ccc(N4C5CCC4COC5)cc3)c2c1)c1ccccn1. The van der Waals surface area contributed by atoms with Crippen LogP contribution in [-0.4, -0.2) is 46.4 Å². The molecule has 2 N–H and O–H groups in total. The minimum Gasteiger partial charge on any atom is -0.377 e. The molecule has 6 rings (SSSR count). The molecule has 7 heteroatoms. The van der Waals surface area contributed by atoms with Gasteiger partial charge in [-0.3, -0.25) is 14.9 Å². The first-order chi connectivity index (χ1) is 18.1. The van der Waals surface area contributed by atoms with Gasteiger partial charge in [-0.2, -0.15) is 5.10 Å². The highest BCUT2D eigenvalue weighted by Crippen LogP contribution is 2.35. The van der Waals surface area contributed by atoms with Crippen molar-refractivity contribution in [3.8, 4) is 11.3 Å². The van der Waals surface area contributed by atoms with Crippen molar-refractivity contribution in [2.45, 2.75) is 51.2 Å². The lowest BCUT2D eigenvalue weighted by Crippen LogP contribution is -2.45. The van der Waals surface area contributed by atoms with E-state index < -0.39 is 0 Å². The number of carbonyl (C=O) groups excluding carboxylic acids is 1. The summed E-state index contributed by atoms with van der Waals surface area (Å²) in [6, 6.07) is 21.0. The number of nitrogens with zero attached hydrogens (tertiary/aromatic N) is 3. The zero-order valence-corrected chi connectivity index (χ0v) is 21.4. The number of aromatic nitrogens is 3. The first-order valence-corrected chi connectivity index (χ1v) is 13.2. The first kappa shape index (κ1) is 23.7. The molecule has 2 bridgehead atoms. The predicted molar refractivity (Wildman–Crippen MR) is 146 cm³/mol. The van der Waals surface area contributed by atoms with Crippen LogP contribution in [0.5, 0.6) is 0 Å². The molecular formula is C30H33N5O2. The van der Waals surface area contributed by atoms with Crippen molar-refractivity contribution in [3.05, 3.63) is 78.1 Å². The molecule has 2 aliphatic heterocycles. The summed E-state index contributed by atoms with van der Waals surface area (Å²) < 4.78 is 5.75. The molecule has 0 spiro atoms. The topological polar surface area (TPSA) is 83.1 Å². The van der Waals surface area contributed by atoms with E-state index in [0.29, 0.717) is 23.6 Å². The average molecular weight is 496 g/mol. The summed E-state index contributed by atoms with van der Waals surface area (Å²) in [6.07, 6.45) is 4.98. The van der Waals surface area contributed by atoms with Crippen molar-refractivity contribution in [3.63, 3.8) is 0 Å². The van der Waals surface area contributed by atoms with Crippen molar-refractivity contribution in [2.75, 3.05) is 18.1 Å². The van der Waals surface area contributed by atoms with Crippen molar-refractivity contribution in [2.24, 2.45) is 5.92 Å². The van der Waals surface area contributed by atoms with E-state index in [1.165, 1.54) is 18.5 Å². The van der Waals surface area contributed by atoms with E-state index in [9.17, 15) is 4.79 Å². The third-order valence-corrected chi connectivity index (χ3v) is 7.56. The molecule has 2 unspecified atom stereocenters. The van der Waals surface area contributed by atoms with Crippen molar-refractivity contribution in [1.82, 2.24) is 20.5 Å². The Kier molecular flexibility index (Phi) is 6.38. The number of anilines is 1. The van der Waals surface area contributed by atoms with Crippen LogP contribution in [0.15, 0.2) is 66.9 Å². The van der Waals surface area contributed by atoms with E-state index in [1.54, 1.807) is 6.20 Å². The molecule has 0 radical (unpaired) electrons. The van der Waals surface area contributed by atoms with Gasteiger partial charge in [0.2, 0.25) is 0 Å². The van der Waals surface area contributed by atoms with E-state index in [0.717, 1.165) is 47.5 Å². The fourth-order valence-electron chi connectivity index (χ4n) is 5.77. The van der Waals surface area contributed by atoms with Gasteiger partial charge in [0.1, 0.15) is 0 Å². The smallest absolute Gasteiger partial charge is 0.251 e. The Morgan fingerprint density at radius 2 is 1.86 bits per heavy atom. The number of aromatic amines is 1. The number of H-pyrrole nitrogens is 1. The summed E-state index contributed by atoms with van der Waals surface area (Å²) in [5.41, 5.74) is 5.52. The highest BCUT2D eigenvalue weighted by molar-refractivity contribution is 6.01. The summed E-state index contributed by atoms with van der Waals surface area (Å²) in [5, 5.41) is 11.9. The van der Waals surface area contributed by atoms with Crippen LogP contribution < -0.4 is 10.2 Å². The Morgan fingerprint density at radius 3 is 2.57 bits per heavy atom. The normalized spacial score (nSPS) is 19.9. The number of hydrogen-bond donors (Lipinski definition) is 2. The van der Waals surface area contributed by atoms with Gasteiger partial charge in [0.05, 0.1) is 48.2 Å². The number of hydrogen-bond acceptors (Lipinski definition) is 5. The molecule has 3 atom stereocenters. The summed E-state index contributed by atoms with van der Waals surface area (Å²) in [5.74, 6) is 0.314. The number of amides is 1. The van der Waals surface area contributed by atoms with Crippen LogP contribution in [0, 0.1) is 5.92 Å². The van der Waals surface area contributed by atoms with Crippen molar-refractivity contribution in [1.29, 1.82) is 0 Å². The third-order valence-electron chi connectivity index (χ3n) is 7.56. The minimum atomic E-state index is -0.142. The molecule has 2 aliphatic rings. The Labute approximate surface area is 217 Å². The molecular weight excluding hydrogens is 462 g/mol. The molecule has 2 fully saturated rings. The second kappa shape index (κ2) is 9.98. The molecule has 4 heterocycles. The van der Waals surface area contributed by atoms with Gasteiger partial charge >= 0.3 is 0 Å². The maximum absolute atomic E-state index is 13.3. The number of ether oxygens (including phenoxy) is 1. The van der Waals surface area contributed by atoms with Gasteiger partial charge in [-0.05, 0) is 67.6 Å². The Morgan fingerprint density at radius 1 is 1.08 bits per heavy atom. The van der Waals surface area contributed by atoms with Crippen LogP contribution in [0.1, 0.15) is 55.2 Å². The van der Waals surface area contributed by atoms with Gasteiger partial charge in [-0.1, -0.05) is 32.0 Å². The van der Waals surface area contributed by atoms with Crippen LogP contribution in [0.25, 0.3) is 22.2 Å². The Hall–Kier alpha value is -3.71. The van der Waals surface area contributed by atoms with E-state index >= 15 is 0 Å². The molecule has 190 valence electrons. The van der Waals surface area contributed by atoms with Crippen molar-refractivity contribution < 1.29 is 9.53 Å².